The van der Waals surface area contributed by atoms with Crippen LogP contribution in [-0.4, -0.2) is 9.97 Å². The van der Waals surface area contributed by atoms with E-state index in [1.165, 1.54) is 32.5 Å². The summed E-state index contributed by atoms with van der Waals surface area (Å²) in [6.07, 6.45) is 3.70. The number of benzene rings is 8. The average Bonchev–Trinajstić information content (AvgIpc) is 3.22. The van der Waals surface area contributed by atoms with Crippen molar-refractivity contribution in [3.8, 4) is 45.3 Å². The summed E-state index contributed by atoms with van der Waals surface area (Å²) in [7, 11) is 0. The van der Waals surface area contributed by atoms with E-state index in [9.17, 15) is 0 Å². The maximum absolute atomic E-state index is 6.67. The number of pyridine rings is 2. The number of hydrogen-bond donors (Lipinski definition) is 0. The SMILES string of the molecule is c1ccc2c(c1)Oc1cc(-c3cc4c5ccccc5c(-c5cc6cccnc6c6ncccc56)cc4c4ccccc34)cc3c1N2c1ccccc1O3. The number of nitrogens with zero attached hydrogens (tertiary/aromatic N) is 3. The van der Waals surface area contributed by atoms with Gasteiger partial charge in [-0.3, -0.25) is 14.9 Å². The topological polar surface area (TPSA) is 47.5 Å². The van der Waals surface area contributed by atoms with Crippen LogP contribution >= 0.6 is 0 Å². The molecule has 8 aromatic carbocycles. The molecule has 4 heterocycles. The highest BCUT2D eigenvalue weighted by Crippen LogP contribution is 2.60. The standard InChI is InChI=1S/C48H27N3O2/c1-2-13-31-30(12-1)35(29-24-44-48-45(25-29)53-43-20-8-6-18-41(43)51(48)40-17-5-7-19-42(40)52-44)26-37-32-14-3-4-15-33(32)38(27-39(31)37)36-23-28-11-9-21-49-46(28)47-34(36)16-10-22-50-47/h1-27H. The van der Waals surface area contributed by atoms with E-state index in [1.807, 2.05) is 60.9 Å². The molecule has 2 aromatic heterocycles. The van der Waals surface area contributed by atoms with Gasteiger partial charge in [-0.1, -0.05) is 84.9 Å². The van der Waals surface area contributed by atoms with E-state index in [0.29, 0.717) is 0 Å². The highest BCUT2D eigenvalue weighted by molar-refractivity contribution is 6.25. The Morgan fingerprint density at radius 3 is 1.57 bits per heavy atom. The molecular formula is C48H27N3O2. The summed E-state index contributed by atoms with van der Waals surface area (Å²) >= 11 is 0. The number of rotatable bonds is 2. The number of anilines is 3. The minimum absolute atomic E-state index is 0.765. The van der Waals surface area contributed by atoms with Gasteiger partial charge in [-0.05, 0) is 121 Å². The van der Waals surface area contributed by atoms with Crippen LogP contribution < -0.4 is 14.4 Å². The molecule has 2 aliphatic rings. The first-order chi connectivity index (χ1) is 26.3. The fourth-order valence-electron chi connectivity index (χ4n) is 8.59. The second-order valence-corrected chi connectivity index (χ2v) is 13.7. The van der Waals surface area contributed by atoms with Crippen LogP contribution in [0.15, 0.2) is 164 Å². The Kier molecular flexibility index (Phi) is 5.71. The molecule has 246 valence electrons. The predicted octanol–water partition coefficient (Wildman–Crippen LogP) is 13.3. The van der Waals surface area contributed by atoms with Crippen molar-refractivity contribution in [2.24, 2.45) is 0 Å². The summed E-state index contributed by atoms with van der Waals surface area (Å²) in [5.41, 5.74) is 9.20. The molecule has 53 heavy (non-hydrogen) atoms. The third kappa shape index (κ3) is 4.02. The first-order valence-electron chi connectivity index (χ1n) is 17.8. The molecule has 10 aromatic rings. The predicted molar refractivity (Wildman–Crippen MR) is 215 cm³/mol. The van der Waals surface area contributed by atoms with Crippen LogP contribution in [0.5, 0.6) is 23.0 Å². The lowest BCUT2D eigenvalue weighted by Crippen LogP contribution is -2.20. The zero-order valence-corrected chi connectivity index (χ0v) is 28.2. The molecule has 0 spiro atoms. The zero-order chi connectivity index (χ0) is 34.6. The number of aromatic nitrogens is 2. The molecule has 0 bridgehead atoms. The van der Waals surface area contributed by atoms with Gasteiger partial charge in [0.2, 0.25) is 0 Å². The van der Waals surface area contributed by atoms with Crippen molar-refractivity contribution in [3.05, 3.63) is 164 Å². The molecule has 0 radical (unpaired) electrons. The fourth-order valence-corrected chi connectivity index (χ4v) is 8.59. The second kappa shape index (κ2) is 10.6. The molecule has 0 atom stereocenters. The van der Waals surface area contributed by atoms with Gasteiger partial charge in [0.15, 0.2) is 23.0 Å². The van der Waals surface area contributed by atoms with Crippen LogP contribution in [0.3, 0.4) is 0 Å². The van der Waals surface area contributed by atoms with Crippen molar-refractivity contribution >= 4 is 71.2 Å². The number of para-hydroxylation sites is 4. The van der Waals surface area contributed by atoms with Gasteiger partial charge >= 0.3 is 0 Å². The molecular weight excluding hydrogens is 651 g/mol. The molecule has 0 fully saturated rings. The summed E-state index contributed by atoms with van der Waals surface area (Å²) in [6, 6.07) is 53.5. The van der Waals surface area contributed by atoms with Gasteiger partial charge in [0.1, 0.15) is 5.69 Å². The largest absolute Gasteiger partial charge is 0.453 e. The van der Waals surface area contributed by atoms with Crippen LogP contribution in [0.1, 0.15) is 0 Å². The summed E-state index contributed by atoms with van der Waals surface area (Å²) in [6.45, 7) is 0. The average molecular weight is 678 g/mol. The van der Waals surface area contributed by atoms with E-state index < -0.39 is 0 Å². The molecule has 0 saturated heterocycles. The first kappa shape index (κ1) is 28.5. The molecule has 5 heteroatoms. The molecule has 0 saturated carbocycles. The minimum Gasteiger partial charge on any atom is -0.453 e. The van der Waals surface area contributed by atoms with E-state index in [-0.39, 0.29) is 0 Å². The van der Waals surface area contributed by atoms with E-state index >= 15 is 0 Å². The number of hydrogen-bond acceptors (Lipinski definition) is 5. The molecule has 0 N–H and O–H groups in total. The molecule has 0 unspecified atom stereocenters. The Hall–Kier alpha value is -7.24. The lowest BCUT2D eigenvalue weighted by atomic mass is 9.86. The summed E-state index contributed by atoms with van der Waals surface area (Å²) in [5, 5.41) is 9.26. The monoisotopic (exact) mass is 677 g/mol. The first-order valence-corrected chi connectivity index (χ1v) is 17.8. The van der Waals surface area contributed by atoms with E-state index in [4.69, 9.17) is 19.4 Å². The lowest BCUT2D eigenvalue weighted by Gasteiger charge is -2.38. The molecule has 0 aliphatic carbocycles. The van der Waals surface area contributed by atoms with Crippen molar-refractivity contribution in [1.29, 1.82) is 0 Å². The second-order valence-electron chi connectivity index (χ2n) is 13.7. The summed E-state index contributed by atoms with van der Waals surface area (Å²) < 4.78 is 13.3. The van der Waals surface area contributed by atoms with Crippen molar-refractivity contribution in [1.82, 2.24) is 9.97 Å². The minimum atomic E-state index is 0.765. The number of ether oxygens (including phenoxy) is 2. The quantitative estimate of drug-likeness (QED) is 0.170. The molecule has 0 amide bonds. The highest BCUT2D eigenvalue weighted by Gasteiger charge is 2.35. The molecule has 2 aliphatic heterocycles. The summed E-state index contributed by atoms with van der Waals surface area (Å²) in [4.78, 5) is 11.8. The van der Waals surface area contributed by atoms with Gasteiger partial charge in [0, 0.05) is 23.2 Å². The third-order valence-corrected chi connectivity index (χ3v) is 10.9. The van der Waals surface area contributed by atoms with Crippen LogP contribution in [0, 0.1) is 0 Å². The van der Waals surface area contributed by atoms with Crippen LogP contribution in [0.2, 0.25) is 0 Å². The number of fused-ring (bicyclic) bond motifs is 12. The smallest absolute Gasteiger partial charge is 0.156 e. The fraction of sp³-hybridized carbons (Fsp3) is 0. The summed E-state index contributed by atoms with van der Waals surface area (Å²) in [5.74, 6) is 3.16. The van der Waals surface area contributed by atoms with E-state index in [2.05, 4.69) is 108 Å². The normalized spacial score (nSPS) is 12.8. The molecule has 5 nitrogen and oxygen atoms in total. The van der Waals surface area contributed by atoms with Gasteiger partial charge in [-0.2, -0.15) is 0 Å². The van der Waals surface area contributed by atoms with Crippen molar-refractivity contribution in [3.63, 3.8) is 0 Å². The molecule has 12 rings (SSSR count). The van der Waals surface area contributed by atoms with Crippen LogP contribution in [0.25, 0.3) is 76.4 Å². The highest BCUT2D eigenvalue weighted by atomic mass is 16.5. The Morgan fingerprint density at radius 2 is 0.887 bits per heavy atom. The van der Waals surface area contributed by atoms with Crippen molar-refractivity contribution in [2.75, 3.05) is 4.90 Å². The zero-order valence-electron chi connectivity index (χ0n) is 28.2. The Bertz CT molecular complexity index is 3140. The van der Waals surface area contributed by atoms with Gasteiger partial charge < -0.3 is 9.47 Å². The van der Waals surface area contributed by atoms with Crippen molar-refractivity contribution < 1.29 is 9.47 Å². The van der Waals surface area contributed by atoms with E-state index in [0.717, 1.165) is 83.9 Å². The van der Waals surface area contributed by atoms with Crippen LogP contribution in [0.4, 0.5) is 17.1 Å². The van der Waals surface area contributed by atoms with E-state index in [1.54, 1.807) is 0 Å². The maximum Gasteiger partial charge on any atom is 0.156 e. The Labute approximate surface area is 303 Å². The van der Waals surface area contributed by atoms with Crippen LogP contribution in [-0.2, 0) is 0 Å². The maximum atomic E-state index is 6.67. The van der Waals surface area contributed by atoms with Gasteiger partial charge in [0.25, 0.3) is 0 Å². The van der Waals surface area contributed by atoms with Crippen molar-refractivity contribution in [2.45, 2.75) is 0 Å². The van der Waals surface area contributed by atoms with Gasteiger partial charge in [0.05, 0.1) is 22.4 Å². The van der Waals surface area contributed by atoms with Gasteiger partial charge in [-0.25, -0.2) is 0 Å². The third-order valence-electron chi connectivity index (χ3n) is 10.9. The lowest BCUT2D eigenvalue weighted by molar-refractivity contribution is 0.446. The Balaban J connectivity index is 1.14. The Morgan fingerprint density at radius 1 is 0.377 bits per heavy atom. The van der Waals surface area contributed by atoms with Gasteiger partial charge in [-0.15, -0.1) is 0 Å².